The predicted molar refractivity (Wildman–Crippen MR) is 124 cm³/mol. The number of rotatable bonds is 24. The van der Waals surface area contributed by atoms with Gasteiger partial charge < -0.3 is 24.6 Å². The zero-order valence-corrected chi connectivity index (χ0v) is 20.3. The van der Waals surface area contributed by atoms with Crippen molar-refractivity contribution in [2.75, 3.05) is 26.2 Å². The molecule has 0 bridgehead atoms. The van der Waals surface area contributed by atoms with E-state index in [9.17, 15) is 19.5 Å². The monoisotopic (exact) mass is 457 g/mol. The predicted octanol–water partition coefficient (Wildman–Crippen LogP) is 4.37. The van der Waals surface area contributed by atoms with Crippen LogP contribution in [0.25, 0.3) is 0 Å². The largest absolute Gasteiger partial charge is 0.550 e. The summed E-state index contributed by atoms with van der Waals surface area (Å²) in [4.78, 5) is 32.6. The van der Waals surface area contributed by atoms with Crippen LogP contribution in [0.3, 0.4) is 0 Å². The Bertz CT molecular complexity index is 454. The first-order chi connectivity index (χ1) is 15.3. The van der Waals surface area contributed by atoms with E-state index >= 15 is 0 Å². The first-order valence-electron chi connectivity index (χ1n) is 12.8. The lowest BCUT2D eigenvalue weighted by Gasteiger charge is -2.39. The third kappa shape index (κ3) is 19.1. The molecule has 7 nitrogen and oxygen atoms in total. The van der Waals surface area contributed by atoms with Gasteiger partial charge in [-0.2, -0.15) is 0 Å². The molecule has 0 fully saturated rings. The Kier molecular flexibility index (Phi) is 19.0. The molecule has 0 aliphatic rings. The molecule has 0 rings (SSSR count). The molecule has 32 heavy (non-hydrogen) atoms. The minimum atomic E-state index is -1.02. The molecule has 0 spiro atoms. The molecule has 0 aliphatic carbocycles. The van der Waals surface area contributed by atoms with Gasteiger partial charge in [-0.05, 0) is 57.8 Å². The van der Waals surface area contributed by atoms with Crippen LogP contribution >= 0.6 is 0 Å². The van der Waals surface area contributed by atoms with Crippen molar-refractivity contribution in [3.63, 3.8) is 0 Å². The molecule has 0 saturated carbocycles. The van der Waals surface area contributed by atoms with Gasteiger partial charge in [0.1, 0.15) is 0 Å². The average Bonchev–Trinajstić information content (AvgIpc) is 2.73. The second-order valence-corrected chi connectivity index (χ2v) is 9.24. The van der Waals surface area contributed by atoms with Crippen molar-refractivity contribution in [3.05, 3.63) is 0 Å². The highest BCUT2D eigenvalue weighted by Crippen LogP contribution is 2.19. The first-order valence-corrected chi connectivity index (χ1v) is 12.8. The van der Waals surface area contributed by atoms with E-state index < -0.39 is 17.9 Å². The van der Waals surface area contributed by atoms with Crippen LogP contribution in [-0.2, 0) is 14.4 Å². The maximum atomic E-state index is 10.9. The topological polar surface area (TPSA) is 115 Å². The molecule has 0 unspecified atom stereocenters. The third-order valence-electron chi connectivity index (χ3n) is 6.30. The molecule has 0 aromatic heterocycles. The van der Waals surface area contributed by atoms with Crippen LogP contribution < -0.4 is 5.11 Å². The number of aliphatic carboxylic acids is 3. The second-order valence-electron chi connectivity index (χ2n) is 9.24. The number of carbonyl (C=O) groups is 3. The molecule has 0 aliphatic heterocycles. The fourth-order valence-electron chi connectivity index (χ4n) is 4.42. The standard InChI is InChI=1S/C25H47NO6/c1-2-3-4-5-6-7-8-12-19-26(20-13-9-16-23(27)28,21-14-10-17-24(29)30)22-15-11-18-25(31)32/h2-22H2,1H3,(H2-,27,28,29,30,31,32). The fourth-order valence-corrected chi connectivity index (χ4v) is 4.42. The number of unbranched alkanes of at least 4 members (excludes halogenated alkanes) is 10. The molecule has 0 aromatic carbocycles. The van der Waals surface area contributed by atoms with Gasteiger partial charge >= 0.3 is 11.9 Å². The van der Waals surface area contributed by atoms with Crippen LogP contribution in [0.15, 0.2) is 0 Å². The van der Waals surface area contributed by atoms with E-state index in [0.29, 0.717) is 19.3 Å². The molecule has 0 radical (unpaired) electrons. The summed E-state index contributed by atoms with van der Waals surface area (Å²) in [7, 11) is 0. The Balaban J connectivity index is 4.81. The smallest absolute Gasteiger partial charge is 0.303 e. The SMILES string of the molecule is CCCCCCCCCC[N+](CCCCC(=O)[O-])(CCCCC(=O)O)CCCCC(=O)O. The van der Waals surface area contributed by atoms with Crippen molar-refractivity contribution in [2.24, 2.45) is 0 Å². The number of hydrogen-bond donors (Lipinski definition) is 2. The number of carboxylic acids is 3. The van der Waals surface area contributed by atoms with E-state index in [-0.39, 0.29) is 19.3 Å². The zero-order chi connectivity index (χ0) is 24.1. The highest BCUT2D eigenvalue weighted by atomic mass is 16.4. The highest BCUT2D eigenvalue weighted by molar-refractivity contribution is 5.66. The van der Waals surface area contributed by atoms with Crippen molar-refractivity contribution in [3.8, 4) is 0 Å². The van der Waals surface area contributed by atoms with Crippen LogP contribution in [0.5, 0.6) is 0 Å². The zero-order valence-electron chi connectivity index (χ0n) is 20.3. The van der Waals surface area contributed by atoms with E-state index in [1.807, 2.05) is 0 Å². The summed E-state index contributed by atoms with van der Waals surface area (Å²) < 4.78 is 0.849. The summed E-state index contributed by atoms with van der Waals surface area (Å²) in [6, 6.07) is 0. The second kappa shape index (κ2) is 20.0. The highest BCUT2D eigenvalue weighted by Gasteiger charge is 2.26. The Labute approximate surface area is 194 Å². The Morgan fingerprint density at radius 3 is 1.28 bits per heavy atom. The fraction of sp³-hybridized carbons (Fsp3) is 0.880. The van der Waals surface area contributed by atoms with Crippen molar-refractivity contribution in [1.29, 1.82) is 0 Å². The Hall–Kier alpha value is -1.63. The van der Waals surface area contributed by atoms with Crippen LogP contribution in [-0.4, -0.2) is 58.8 Å². The van der Waals surface area contributed by atoms with Gasteiger partial charge in [0.2, 0.25) is 0 Å². The molecule has 0 aromatic rings. The van der Waals surface area contributed by atoms with Gasteiger partial charge in [0.05, 0.1) is 26.2 Å². The Morgan fingerprint density at radius 1 is 0.562 bits per heavy atom. The van der Waals surface area contributed by atoms with Gasteiger partial charge in [-0.3, -0.25) is 9.59 Å². The van der Waals surface area contributed by atoms with E-state index in [1.165, 1.54) is 44.9 Å². The lowest BCUT2D eigenvalue weighted by molar-refractivity contribution is -0.929. The minimum Gasteiger partial charge on any atom is -0.550 e. The lowest BCUT2D eigenvalue weighted by Crippen LogP contribution is -2.51. The van der Waals surface area contributed by atoms with E-state index in [0.717, 1.165) is 56.3 Å². The van der Waals surface area contributed by atoms with Gasteiger partial charge in [-0.15, -0.1) is 0 Å². The van der Waals surface area contributed by atoms with E-state index in [4.69, 9.17) is 10.2 Å². The van der Waals surface area contributed by atoms with Crippen molar-refractivity contribution in [2.45, 2.75) is 116 Å². The van der Waals surface area contributed by atoms with Gasteiger partial charge in [0.15, 0.2) is 0 Å². The molecular formula is C25H47NO6. The molecule has 0 amide bonds. The maximum Gasteiger partial charge on any atom is 0.303 e. The van der Waals surface area contributed by atoms with Crippen molar-refractivity contribution in [1.82, 2.24) is 0 Å². The van der Waals surface area contributed by atoms with Crippen molar-refractivity contribution < 1.29 is 34.2 Å². The summed E-state index contributed by atoms with van der Waals surface area (Å²) in [6.07, 6.45) is 14.6. The number of nitrogens with zero attached hydrogens (tertiary/aromatic N) is 1. The number of carboxylic acid groups (broad SMARTS) is 3. The summed E-state index contributed by atoms with van der Waals surface area (Å²) >= 11 is 0. The van der Waals surface area contributed by atoms with Gasteiger partial charge in [-0.25, -0.2) is 0 Å². The number of hydrogen-bond acceptors (Lipinski definition) is 4. The quantitative estimate of drug-likeness (QED) is 0.164. The van der Waals surface area contributed by atoms with Crippen LogP contribution in [0.1, 0.15) is 116 Å². The molecule has 0 saturated heterocycles. The normalized spacial score (nSPS) is 11.5. The van der Waals surface area contributed by atoms with E-state index in [1.54, 1.807) is 0 Å². The van der Waals surface area contributed by atoms with E-state index in [2.05, 4.69) is 6.92 Å². The average molecular weight is 458 g/mol. The number of carbonyl (C=O) groups excluding carboxylic acids is 1. The van der Waals surface area contributed by atoms with Crippen LogP contribution in [0.4, 0.5) is 0 Å². The van der Waals surface area contributed by atoms with Gasteiger partial charge in [-0.1, -0.05) is 45.4 Å². The molecule has 7 heteroatoms. The maximum absolute atomic E-state index is 10.9. The Morgan fingerprint density at radius 2 is 0.906 bits per heavy atom. The van der Waals surface area contributed by atoms with Gasteiger partial charge in [0, 0.05) is 18.8 Å². The first kappa shape index (κ1) is 30.4. The summed E-state index contributed by atoms with van der Waals surface area (Å²) in [6.45, 7) is 5.84. The summed E-state index contributed by atoms with van der Waals surface area (Å²) in [5.41, 5.74) is 0. The minimum absolute atomic E-state index is 0.0653. The van der Waals surface area contributed by atoms with Crippen molar-refractivity contribution >= 4 is 17.9 Å². The number of quaternary nitrogens is 1. The molecule has 0 heterocycles. The molecule has 188 valence electrons. The third-order valence-corrected chi connectivity index (χ3v) is 6.30. The lowest BCUT2D eigenvalue weighted by atomic mass is 10.1. The molecular weight excluding hydrogens is 410 g/mol. The summed E-state index contributed by atoms with van der Waals surface area (Å²) in [5.74, 6) is -2.57. The molecule has 2 N–H and O–H groups in total. The van der Waals surface area contributed by atoms with Crippen LogP contribution in [0, 0.1) is 0 Å². The van der Waals surface area contributed by atoms with Gasteiger partial charge in [0.25, 0.3) is 0 Å². The molecule has 0 atom stereocenters. The summed E-state index contributed by atoms with van der Waals surface area (Å²) in [5, 5.41) is 28.7. The van der Waals surface area contributed by atoms with Crippen LogP contribution in [0.2, 0.25) is 0 Å².